The Bertz CT molecular complexity index is 491. The maximum atomic E-state index is 12.6. The van der Waals surface area contributed by atoms with Crippen molar-refractivity contribution in [1.82, 2.24) is 10.3 Å². The number of nitrogens with zero attached hydrogens (tertiary/aromatic N) is 1. The highest BCUT2D eigenvalue weighted by molar-refractivity contribution is 5.95. The van der Waals surface area contributed by atoms with Crippen molar-refractivity contribution in [2.45, 2.75) is 58.1 Å². The van der Waals surface area contributed by atoms with E-state index in [0.29, 0.717) is 11.4 Å². The molecule has 0 spiro atoms. The van der Waals surface area contributed by atoms with Crippen LogP contribution in [0.1, 0.15) is 56.4 Å². The second kappa shape index (κ2) is 8.13. The third-order valence-corrected chi connectivity index (χ3v) is 4.06. The van der Waals surface area contributed by atoms with Crippen molar-refractivity contribution in [2.75, 3.05) is 6.61 Å². The van der Waals surface area contributed by atoms with Gasteiger partial charge in [-0.3, -0.25) is 4.79 Å². The summed E-state index contributed by atoms with van der Waals surface area (Å²) in [4.78, 5) is 16.7. The minimum absolute atomic E-state index is 0.00825. The van der Waals surface area contributed by atoms with Crippen LogP contribution in [0.15, 0.2) is 18.3 Å². The van der Waals surface area contributed by atoms with Crippen LogP contribution < -0.4 is 10.1 Å². The summed E-state index contributed by atoms with van der Waals surface area (Å²) in [6.45, 7) is 3.95. The van der Waals surface area contributed by atoms with Gasteiger partial charge in [0.1, 0.15) is 0 Å². The van der Waals surface area contributed by atoms with Gasteiger partial charge in [0.15, 0.2) is 11.4 Å². The van der Waals surface area contributed by atoms with E-state index in [0.717, 1.165) is 32.1 Å². The highest BCUT2D eigenvalue weighted by atomic mass is 16.5. The predicted molar refractivity (Wildman–Crippen MR) is 84.9 cm³/mol. The topological polar surface area (TPSA) is 71.5 Å². The number of amides is 1. The predicted octanol–water partition coefficient (Wildman–Crippen LogP) is 2.54. The molecular formula is C17H26N2O3. The van der Waals surface area contributed by atoms with Crippen LogP contribution in [-0.2, 0) is 0 Å². The van der Waals surface area contributed by atoms with Gasteiger partial charge in [-0.05, 0) is 38.8 Å². The average molecular weight is 306 g/mol. The highest BCUT2D eigenvalue weighted by Crippen LogP contribution is 2.24. The number of hydrogen-bond acceptors (Lipinski definition) is 4. The molecular weight excluding hydrogens is 280 g/mol. The van der Waals surface area contributed by atoms with Crippen molar-refractivity contribution in [1.29, 1.82) is 0 Å². The zero-order chi connectivity index (χ0) is 15.9. The number of carbonyl (C=O) groups is 1. The first kappa shape index (κ1) is 16.7. The number of rotatable bonds is 5. The van der Waals surface area contributed by atoms with Crippen LogP contribution in [0.3, 0.4) is 0 Å². The molecule has 0 aliphatic heterocycles. The van der Waals surface area contributed by atoms with E-state index in [9.17, 15) is 9.90 Å². The van der Waals surface area contributed by atoms with E-state index in [4.69, 9.17) is 4.74 Å². The summed E-state index contributed by atoms with van der Waals surface area (Å²) >= 11 is 0. The molecule has 122 valence electrons. The minimum Gasteiger partial charge on any atom is -0.489 e. The van der Waals surface area contributed by atoms with E-state index in [1.165, 1.54) is 0 Å². The summed E-state index contributed by atoms with van der Waals surface area (Å²) in [5, 5.41) is 12.6. The van der Waals surface area contributed by atoms with Gasteiger partial charge in [0, 0.05) is 24.8 Å². The average Bonchev–Trinajstić information content (AvgIpc) is 2.72. The van der Waals surface area contributed by atoms with Crippen LogP contribution in [0, 0.1) is 5.92 Å². The number of carbonyl (C=O) groups excluding carboxylic acids is 1. The summed E-state index contributed by atoms with van der Waals surface area (Å²) in [6.07, 6.45) is 6.80. The maximum Gasteiger partial charge on any atom is 0.273 e. The lowest BCUT2D eigenvalue weighted by molar-refractivity contribution is 0.0888. The highest BCUT2D eigenvalue weighted by Gasteiger charge is 2.26. The molecule has 1 aliphatic rings. The summed E-state index contributed by atoms with van der Waals surface area (Å²) in [7, 11) is 0. The summed E-state index contributed by atoms with van der Waals surface area (Å²) in [5.41, 5.74) is 0.317. The van der Waals surface area contributed by atoms with Gasteiger partial charge in [-0.2, -0.15) is 0 Å². The second-order valence-electron chi connectivity index (χ2n) is 6.18. The minimum atomic E-state index is -0.221. The fraction of sp³-hybridized carbons (Fsp3) is 0.647. The molecule has 2 unspecified atom stereocenters. The zero-order valence-electron chi connectivity index (χ0n) is 13.4. The van der Waals surface area contributed by atoms with Crippen LogP contribution in [0.25, 0.3) is 0 Å². The molecule has 0 saturated heterocycles. The SMILES string of the molecule is CC(C)Oc1cccnc1C(=O)NC1CCCCCC1CO. The standard InChI is InChI=1S/C17H26N2O3/c1-12(2)22-15-9-6-10-18-16(15)17(21)19-14-8-5-3-4-7-13(14)11-20/h6,9-10,12-14,20H,3-5,7-8,11H2,1-2H3,(H,19,21). The van der Waals surface area contributed by atoms with Crippen LogP contribution in [0.4, 0.5) is 0 Å². The third kappa shape index (κ3) is 4.44. The number of hydrogen-bond donors (Lipinski definition) is 2. The van der Waals surface area contributed by atoms with E-state index >= 15 is 0 Å². The van der Waals surface area contributed by atoms with Crippen LogP contribution >= 0.6 is 0 Å². The van der Waals surface area contributed by atoms with Gasteiger partial charge < -0.3 is 15.2 Å². The summed E-state index contributed by atoms with van der Waals surface area (Å²) < 4.78 is 5.66. The molecule has 1 heterocycles. The molecule has 0 aromatic carbocycles. The number of aliphatic hydroxyl groups excluding tert-OH is 1. The molecule has 1 fully saturated rings. The molecule has 1 aliphatic carbocycles. The van der Waals surface area contributed by atoms with Gasteiger partial charge in [-0.15, -0.1) is 0 Å². The van der Waals surface area contributed by atoms with Crippen molar-refractivity contribution < 1.29 is 14.6 Å². The van der Waals surface area contributed by atoms with Gasteiger partial charge in [-0.1, -0.05) is 19.3 Å². The number of ether oxygens (including phenoxy) is 1. The maximum absolute atomic E-state index is 12.6. The smallest absolute Gasteiger partial charge is 0.273 e. The van der Waals surface area contributed by atoms with E-state index in [-0.39, 0.29) is 30.6 Å². The Balaban J connectivity index is 2.10. The van der Waals surface area contributed by atoms with Crippen molar-refractivity contribution in [3.8, 4) is 5.75 Å². The van der Waals surface area contributed by atoms with E-state index < -0.39 is 0 Å². The molecule has 22 heavy (non-hydrogen) atoms. The molecule has 1 saturated carbocycles. The molecule has 2 rings (SSSR count). The molecule has 5 heteroatoms. The first-order chi connectivity index (χ1) is 10.6. The molecule has 1 aromatic rings. The lowest BCUT2D eigenvalue weighted by Gasteiger charge is -2.24. The largest absolute Gasteiger partial charge is 0.489 e. The van der Waals surface area contributed by atoms with E-state index in [1.54, 1.807) is 18.3 Å². The molecule has 0 bridgehead atoms. The quantitative estimate of drug-likeness (QED) is 0.820. The van der Waals surface area contributed by atoms with Crippen LogP contribution in [-0.4, -0.2) is 34.8 Å². The molecule has 0 radical (unpaired) electrons. The number of nitrogens with one attached hydrogen (secondary N) is 1. The Kier molecular flexibility index (Phi) is 6.19. The van der Waals surface area contributed by atoms with Crippen molar-refractivity contribution in [3.63, 3.8) is 0 Å². The van der Waals surface area contributed by atoms with Crippen molar-refractivity contribution in [3.05, 3.63) is 24.0 Å². The van der Waals surface area contributed by atoms with Gasteiger partial charge >= 0.3 is 0 Å². The normalized spacial score (nSPS) is 22.2. The fourth-order valence-corrected chi connectivity index (χ4v) is 2.94. The number of aliphatic hydroxyl groups is 1. The van der Waals surface area contributed by atoms with Crippen molar-refractivity contribution >= 4 is 5.91 Å². The van der Waals surface area contributed by atoms with Crippen molar-refractivity contribution in [2.24, 2.45) is 5.92 Å². The molecule has 1 aromatic heterocycles. The summed E-state index contributed by atoms with van der Waals surface area (Å²) in [5.74, 6) is 0.412. The molecule has 5 nitrogen and oxygen atoms in total. The number of aromatic nitrogens is 1. The third-order valence-electron chi connectivity index (χ3n) is 4.06. The Labute approximate surface area is 132 Å². The van der Waals surface area contributed by atoms with Gasteiger partial charge in [-0.25, -0.2) is 4.98 Å². The van der Waals surface area contributed by atoms with Gasteiger partial charge in [0.2, 0.25) is 0 Å². The Morgan fingerprint density at radius 2 is 2.18 bits per heavy atom. The molecule has 2 atom stereocenters. The number of pyridine rings is 1. The van der Waals surface area contributed by atoms with E-state index in [2.05, 4.69) is 10.3 Å². The van der Waals surface area contributed by atoms with Crippen LogP contribution in [0.5, 0.6) is 5.75 Å². The summed E-state index contributed by atoms with van der Waals surface area (Å²) in [6, 6.07) is 3.53. The monoisotopic (exact) mass is 306 g/mol. The molecule has 2 N–H and O–H groups in total. The van der Waals surface area contributed by atoms with Crippen LogP contribution in [0.2, 0.25) is 0 Å². The fourth-order valence-electron chi connectivity index (χ4n) is 2.94. The van der Waals surface area contributed by atoms with Gasteiger partial charge in [0.05, 0.1) is 6.10 Å². The first-order valence-corrected chi connectivity index (χ1v) is 8.15. The van der Waals surface area contributed by atoms with Gasteiger partial charge in [0.25, 0.3) is 5.91 Å². The van der Waals surface area contributed by atoms with E-state index in [1.807, 2.05) is 13.8 Å². The first-order valence-electron chi connectivity index (χ1n) is 8.15. The second-order valence-corrected chi connectivity index (χ2v) is 6.18. The zero-order valence-corrected chi connectivity index (χ0v) is 13.4. The lowest BCUT2D eigenvalue weighted by Crippen LogP contribution is -2.41. The Hall–Kier alpha value is -1.62. The Morgan fingerprint density at radius 3 is 2.91 bits per heavy atom. The Morgan fingerprint density at radius 1 is 1.41 bits per heavy atom. The molecule has 1 amide bonds. The lowest BCUT2D eigenvalue weighted by atomic mass is 9.95.